The number of nitrogens with zero attached hydrogens (tertiary/aromatic N) is 2. The van der Waals surface area contributed by atoms with E-state index in [0.717, 1.165) is 25.3 Å². The molecule has 0 radical (unpaired) electrons. The van der Waals surface area contributed by atoms with Gasteiger partial charge >= 0.3 is 0 Å². The first-order chi connectivity index (χ1) is 10.3. The quantitative estimate of drug-likeness (QED) is 0.795. The number of carbonyl (C=O) groups is 1. The van der Waals surface area contributed by atoms with Gasteiger partial charge in [0.2, 0.25) is 5.91 Å². The standard InChI is InChI=1S/C15H26N4O2S.2ClH/c1-9-5-19(6-10(2)21-9)7-13-8-22-15(17-13)18-14(20)11(3)12(4)16;;/h8-12H,5-7,16H2,1-4H3,(H,17,18,20);2*1H. The van der Waals surface area contributed by atoms with Crippen molar-refractivity contribution in [1.82, 2.24) is 9.88 Å². The fraction of sp³-hybridized carbons (Fsp3) is 0.733. The summed E-state index contributed by atoms with van der Waals surface area (Å²) >= 11 is 1.46. The Morgan fingerprint density at radius 1 is 1.42 bits per heavy atom. The molecule has 3 N–H and O–H groups in total. The first kappa shape index (κ1) is 23.6. The minimum atomic E-state index is -0.228. The molecule has 0 spiro atoms. The van der Waals surface area contributed by atoms with Crippen LogP contribution in [-0.4, -0.2) is 47.1 Å². The van der Waals surface area contributed by atoms with Crippen LogP contribution in [0.25, 0.3) is 0 Å². The lowest BCUT2D eigenvalue weighted by Crippen LogP contribution is -2.44. The van der Waals surface area contributed by atoms with Gasteiger partial charge < -0.3 is 15.8 Å². The molecule has 140 valence electrons. The Morgan fingerprint density at radius 3 is 2.54 bits per heavy atom. The monoisotopic (exact) mass is 398 g/mol. The summed E-state index contributed by atoms with van der Waals surface area (Å²) in [6.45, 7) is 10.4. The Hall–Kier alpha value is -0.440. The van der Waals surface area contributed by atoms with E-state index in [1.807, 2.05) is 19.2 Å². The molecule has 0 bridgehead atoms. The van der Waals surface area contributed by atoms with Crippen LogP contribution in [0.3, 0.4) is 0 Å². The van der Waals surface area contributed by atoms with E-state index in [1.54, 1.807) is 0 Å². The number of morpholine rings is 1. The van der Waals surface area contributed by atoms with E-state index in [-0.39, 0.29) is 54.9 Å². The van der Waals surface area contributed by atoms with Gasteiger partial charge in [0.25, 0.3) is 0 Å². The summed E-state index contributed by atoms with van der Waals surface area (Å²) in [5.74, 6) is -0.308. The predicted molar refractivity (Wildman–Crippen MR) is 103 cm³/mol. The van der Waals surface area contributed by atoms with Crippen LogP contribution in [0, 0.1) is 5.92 Å². The van der Waals surface area contributed by atoms with Gasteiger partial charge in [-0.05, 0) is 20.8 Å². The highest BCUT2D eigenvalue weighted by Crippen LogP contribution is 2.20. The van der Waals surface area contributed by atoms with Crippen molar-refractivity contribution in [2.75, 3.05) is 18.4 Å². The van der Waals surface area contributed by atoms with Crippen molar-refractivity contribution < 1.29 is 9.53 Å². The van der Waals surface area contributed by atoms with Crippen LogP contribution in [0.4, 0.5) is 5.13 Å². The molecule has 2 rings (SSSR count). The fourth-order valence-corrected chi connectivity index (χ4v) is 3.24. The molecular formula is C15H28Cl2N4O2S. The number of halogens is 2. The number of thiazole rings is 1. The number of ether oxygens (including phenoxy) is 1. The van der Waals surface area contributed by atoms with E-state index in [1.165, 1.54) is 11.3 Å². The Bertz CT molecular complexity index is 505. The molecule has 4 atom stereocenters. The minimum Gasteiger partial charge on any atom is -0.373 e. The average molecular weight is 399 g/mol. The van der Waals surface area contributed by atoms with Crippen molar-refractivity contribution in [3.63, 3.8) is 0 Å². The zero-order valence-electron chi connectivity index (χ0n) is 14.5. The Kier molecular flexibility index (Phi) is 10.3. The summed E-state index contributed by atoms with van der Waals surface area (Å²) in [6.07, 6.45) is 0.488. The SMILES string of the molecule is CC1CN(Cc2csc(NC(=O)C(C)C(C)N)n2)CC(C)O1.Cl.Cl. The number of rotatable bonds is 5. The predicted octanol–water partition coefficient (Wildman–Crippen LogP) is 2.52. The topological polar surface area (TPSA) is 80.5 Å². The van der Waals surface area contributed by atoms with Gasteiger partial charge in [0.15, 0.2) is 5.13 Å². The van der Waals surface area contributed by atoms with E-state index in [4.69, 9.17) is 10.5 Å². The number of hydrogen-bond donors (Lipinski definition) is 2. The maximum Gasteiger partial charge on any atom is 0.230 e. The second-order valence-corrected chi connectivity index (χ2v) is 7.09. The molecule has 24 heavy (non-hydrogen) atoms. The van der Waals surface area contributed by atoms with Crippen LogP contribution >= 0.6 is 36.2 Å². The zero-order valence-corrected chi connectivity index (χ0v) is 17.0. The molecule has 1 aliphatic heterocycles. The van der Waals surface area contributed by atoms with Gasteiger partial charge in [-0.2, -0.15) is 0 Å². The smallest absolute Gasteiger partial charge is 0.230 e. The number of nitrogens with one attached hydrogen (secondary N) is 1. The summed E-state index contributed by atoms with van der Waals surface area (Å²) in [5, 5.41) is 5.48. The number of nitrogens with two attached hydrogens (primary N) is 1. The van der Waals surface area contributed by atoms with Crippen LogP contribution in [-0.2, 0) is 16.1 Å². The molecule has 6 nitrogen and oxygen atoms in total. The number of carbonyl (C=O) groups excluding carboxylic acids is 1. The van der Waals surface area contributed by atoms with Crippen molar-refractivity contribution in [1.29, 1.82) is 0 Å². The number of anilines is 1. The highest BCUT2D eigenvalue weighted by molar-refractivity contribution is 7.13. The molecule has 1 fully saturated rings. The summed E-state index contributed by atoms with van der Waals surface area (Å²) < 4.78 is 5.73. The fourth-order valence-electron chi connectivity index (χ4n) is 2.54. The van der Waals surface area contributed by atoms with Crippen LogP contribution < -0.4 is 11.1 Å². The molecule has 0 saturated carbocycles. The van der Waals surface area contributed by atoms with Crippen LogP contribution in [0.5, 0.6) is 0 Å². The average Bonchev–Trinajstić information content (AvgIpc) is 2.83. The first-order valence-corrected chi connectivity index (χ1v) is 8.61. The third-order valence-electron chi connectivity index (χ3n) is 3.86. The van der Waals surface area contributed by atoms with E-state index >= 15 is 0 Å². The summed E-state index contributed by atoms with van der Waals surface area (Å²) in [5.41, 5.74) is 6.73. The first-order valence-electron chi connectivity index (χ1n) is 7.73. The summed E-state index contributed by atoms with van der Waals surface area (Å²) in [6, 6.07) is -0.171. The highest BCUT2D eigenvalue weighted by atomic mass is 35.5. The zero-order chi connectivity index (χ0) is 16.3. The maximum atomic E-state index is 12.0. The van der Waals surface area contributed by atoms with E-state index < -0.39 is 0 Å². The Balaban J connectivity index is 0.00000264. The molecule has 1 aromatic rings. The van der Waals surface area contributed by atoms with Crippen molar-refractivity contribution in [3.8, 4) is 0 Å². The van der Waals surface area contributed by atoms with Gasteiger partial charge in [0.1, 0.15) is 0 Å². The highest BCUT2D eigenvalue weighted by Gasteiger charge is 2.23. The van der Waals surface area contributed by atoms with Crippen molar-refractivity contribution >= 4 is 47.2 Å². The number of hydrogen-bond acceptors (Lipinski definition) is 6. The lowest BCUT2D eigenvalue weighted by Gasteiger charge is -2.34. The van der Waals surface area contributed by atoms with Gasteiger partial charge in [-0.3, -0.25) is 9.69 Å². The van der Waals surface area contributed by atoms with Crippen molar-refractivity contribution in [3.05, 3.63) is 11.1 Å². The third-order valence-corrected chi connectivity index (χ3v) is 4.67. The molecule has 0 aromatic carbocycles. The molecule has 1 aliphatic rings. The van der Waals surface area contributed by atoms with E-state index in [2.05, 4.69) is 29.0 Å². The molecule has 9 heteroatoms. The lowest BCUT2D eigenvalue weighted by molar-refractivity contribution is -0.119. The maximum absolute atomic E-state index is 12.0. The second-order valence-electron chi connectivity index (χ2n) is 6.23. The lowest BCUT2D eigenvalue weighted by atomic mass is 10.0. The van der Waals surface area contributed by atoms with Gasteiger partial charge in [-0.1, -0.05) is 6.92 Å². The van der Waals surface area contributed by atoms with E-state index in [9.17, 15) is 4.79 Å². The normalized spacial score (nSPS) is 23.5. The van der Waals surface area contributed by atoms with Gasteiger partial charge in [-0.25, -0.2) is 4.98 Å². The van der Waals surface area contributed by atoms with Gasteiger partial charge in [0.05, 0.1) is 23.8 Å². The van der Waals surface area contributed by atoms with Crippen LogP contribution in [0.15, 0.2) is 5.38 Å². The van der Waals surface area contributed by atoms with Crippen LogP contribution in [0.1, 0.15) is 33.4 Å². The molecule has 1 aromatic heterocycles. The number of aromatic nitrogens is 1. The van der Waals surface area contributed by atoms with Gasteiger partial charge in [0, 0.05) is 31.1 Å². The van der Waals surface area contributed by atoms with Crippen LogP contribution in [0.2, 0.25) is 0 Å². The molecule has 2 heterocycles. The van der Waals surface area contributed by atoms with Crippen molar-refractivity contribution in [2.45, 2.75) is 52.5 Å². The van der Waals surface area contributed by atoms with E-state index in [0.29, 0.717) is 5.13 Å². The molecule has 4 unspecified atom stereocenters. The second kappa shape index (κ2) is 10.5. The molecular weight excluding hydrogens is 371 g/mol. The van der Waals surface area contributed by atoms with Crippen molar-refractivity contribution in [2.24, 2.45) is 11.7 Å². The summed E-state index contributed by atoms with van der Waals surface area (Å²) in [4.78, 5) is 18.8. The molecule has 1 saturated heterocycles. The van der Waals surface area contributed by atoms with Gasteiger partial charge in [-0.15, -0.1) is 36.2 Å². The summed E-state index contributed by atoms with van der Waals surface area (Å²) in [7, 11) is 0. The Labute approximate surface area is 160 Å². The Morgan fingerprint density at radius 2 is 2.00 bits per heavy atom. The third kappa shape index (κ3) is 6.82. The molecule has 0 aliphatic carbocycles. The largest absolute Gasteiger partial charge is 0.373 e. The number of amides is 1. The minimum absolute atomic E-state index is 0. The molecule has 1 amide bonds.